The monoisotopic (exact) mass is 240 g/mol. The molecule has 1 rings (SSSR count). The van der Waals surface area contributed by atoms with Crippen LogP contribution in [0.15, 0.2) is 6.20 Å². The molecule has 1 N–H and O–H groups in total. The molecule has 1 aromatic rings. The van der Waals surface area contributed by atoms with E-state index in [0.717, 1.165) is 19.5 Å². The summed E-state index contributed by atoms with van der Waals surface area (Å²) in [6.07, 6.45) is 2.62. The Morgan fingerprint density at radius 1 is 1.53 bits per heavy atom. The number of aromatic nitrogens is 3. The van der Waals surface area contributed by atoms with Gasteiger partial charge in [-0.25, -0.2) is 4.79 Å². The summed E-state index contributed by atoms with van der Waals surface area (Å²) in [7, 11) is 2.05. The molecule has 0 aliphatic heterocycles. The Labute approximate surface area is 101 Å². The summed E-state index contributed by atoms with van der Waals surface area (Å²) in [5.41, 5.74) is -0.00478. The van der Waals surface area contributed by atoms with Crippen molar-refractivity contribution in [1.29, 1.82) is 0 Å². The van der Waals surface area contributed by atoms with Gasteiger partial charge in [-0.2, -0.15) is 0 Å². The predicted molar refractivity (Wildman–Crippen MR) is 63.9 cm³/mol. The van der Waals surface area contributed by atoms with Crippen molar-refractivity contribution in [3.05, 3.63) is 11.9 Å². The number of hydrogen-bond donors (Lipinski definition) is 1. The maximum Gasteiger partial charge on any atom is 0.358 e. The van der Waals surface area contributed by atoms with Gasteiger partial charge in [0.15, 0.2) is 5.69 Å². The number of carboxylic acids is 1. The smallest absolute Gasteiger partial charge is 0.358 e. The lowest BCUT2D eigenvalue weighted by Gasteiger charge is -2.17. The lowest BCUT2D eigenvalue weighted by Crippen LogP contribution is -2.25. The molecule has 96 valence electrons. The van der Waals surface area contributed by atoms with E-state index in [4.69, 9.17) is 5.11 Å². The van der Waals surface area contributed by atoms with Gasteiger partial charge in [0.25, 0.3) is 0 Å². The second-order valence-corrected chi connectivity index (χ2v) is 4.66. The summed E-state index contributed by atoms with van der Waals surface area (Å²) in [4.78, 5) is 12.8. The zero-order valence-electron chi connectivity index (χ0n) is 10.6. The van der Waals surface area contributed by atoms with Crippen LogP contribution >= 0.6 is 0 Å². The molecule has 1 heterocycles. The number of aromatic carboxylic acids is 1. The van der Waals surface area contributed by atoms with E-state index in [0.29, 0.717) is 12.5 Å². The molecule has 0 aliphatic rings. The zero-order chi connectivity index (χ0) is 12.8. The second kappa shape index (κ2) is 6.34. The van der Waals surface area contributed by atoms with Gasteiger partial charge in [-0.05, 0) is 25.9 Å². The maximum absolute atomic E-state index is 10.6. The third-order valence-corrected chi connectivity index (χ3v) is 2.56. The molecular formula is C11H20N4O2. The average molecular weight is 240 g/mol. The van der Waals surface area contributed by atoms with Crippen LogP contribution in [0.5, 0.6) is 0 Å². The average Bonchev–Trinajstić information content (AvgIpc) is 2.72. The summed E-state index contributed by atoms with van der Waals surface area (Å²) in [6.45, 7) is 6.94. The first-order valence-corrected chi connectivity index (χ1v) is 5.81. The molecule has 6 heteroatoms. The largest absolute Gasteiger partial charge is 0.476 e. The Morgan fingerprint density at radius 2 is 2.24 bits per heavy atom. The second-order valence-electron chi connectivity index (χ2n) is 4.66. The van der Waals surface area contributed by atoms with Gasteiger partial charge in [-0.3, -0.25) is 4.68 Å². The molecule has 0 spiro atoms. The van der Waals surface area contributed by atoms with Crippen molar-refractivity contribution in [3.63, 3.8) is 0 Å². The minimum atomic E-state index is -1.04. The molecule has 1 aromatic heterocycles. The molecule has 0 aliphatic carbocycles. The van der Waals surface area contributed by atoms with Crippen LogP contribution in [0.3, 0.4) is 0 Å². The first kappa shape index (κ1) is 13.6. The molecule has 0 aromatic carbocycles. The van der Waals surface area contributed by atoms with Crippen molar-refractivity contribution in [1.82, 2.24) is 19.9 Å². The first-order valence-electron chi connectivity index (χ1n) is 5.81. The Bertz CT molecular complexity index is 362. The Hall–Kier alpha value is -1.43. The number of likely N-dealkylation sites (N-methyl/N-ethyl adjacent to an activating group) is 1. The Kier molecular flexibility index (Phi) is 5.09. The third kappa shape index (κ3) is 4.95. The van der Waals surface area contributed by atoms with E-state index in [1.54, 1.807) is 4.68 Å². The minimum Gasteiger partial charge on any atom is -0.476 e. The van der Waals surface area contributed by atoms with Gasteiger partial charge in [0.1, 0.15) is 0 Å². The number of rotatable bonds is 7. The van der Waals surface area contributed by atoms with Gasteiger partial charge in [0.05, 0.1) is 12.7 Å². The normalized spacial score (nSPS) is 11.4. The topological polar surface area (TPSA) is 71.2 Å². The molecule has 17 heavy (non-hydrogen) atoms. The molecule has 0 saturated heterocycles. The molecule has 6 nitrogen and oxygen atoms in total. The van der Waals surface area contributed by atoms with E-state index in [1.807, 2.05) is 0 Å². The highest BCUT2D eigenvalue weighted by Gasteiger charge is 2.08. The molecule has 0 atom stereocenters. The van der Waals surface area contributed by atoms with Crippen LogP contribution in [-0.4, -0.2) is 51.1 Å². The van der Waals surface area contributed by atoms with Crippen molar-refractivity contribution in [2.75, 3.05) is 20.1 Å². The quantitative estimate of drug-likeness (QED) is 0.768. The van der Waals surface area contributed by atoms with Crippen LogP contribution in [0.4, 0.5) is 0 Å². The van der Waals surface area contributed by atoms with Crippen LogP contribution in [0.25, 0.3) is 0 Å². The Morgan fingerprint density at radius 3 is 2.76 bits per heavy atom. The molecular weight excluding hydrogens is 220 g/mol. The van der Waals surface area contributed by atoms with Crippen molar-refractivity contribution in [3.8, 4) is 0 Å². The van der Waals surface area contributed by atoms with Gasteiger partial charge >= 0.3 is 5.97 Å². The fraction of sp³-hybridized carbons (Fsp3) is 0.727. The van der Waals surface area contributed by atoms with Crippen LogP contribution in [0, 0.1) is 5.92 Å². The van der Waals surface area contributed by atoms with E-state index >= 15 is 0 Å². The lowest BCUT2D eigenvalue weighted by molar-refractivity contribution is 0.0690. The highest BCUT2D eigenvalue weighted by Crippen LogP contribution is 2.00. The van der Waals surface area contributed by atoms with E-state index in [9.17, 15) is 4.79 Å². The number of carboxylic acid groups (broad SMARTS) is 1. The van der Waals surface area contributed by atoms with Crippen LogP contribution in [0.1, 0.15) is 30.8 Å². The highest BCUT2D eigenvalue weighted by atomic mass is 16.4. The summed E-state index contributed by atoms with van der Waals surface area (Å²) in [5, 5.41) is 16.0. The fourth-order valence-electron chi connectivity index (χ4n) is 1.37. The molecule has 0 bridgehead atoms. The predicted octanol–water partition coefficient (Wildman–Crippen LogP) is 0.954. The zero-order valence-corrected chi connectivity index (χ0v) is 10.6. The number of nitrogens with zero attached hydrogens (tertiary/aromatic N) is 4. The first-order chi connectivity index (χ1) is 7.99. The molecule has 0 amide bonds. The lowest BCUT2D eigenvalue weighted by atomic mass is 10.1. The van der Waals surface area contributed by atoms with Crippen LogP contribution in [-0.2, 0) is 6.54 Å². The summed E-state index contributed by atoms with van der Waals surface area (Å²) < 4.78 is 1.56. The fourth-order valence-corrected chi connectivity index (χ4v) is 1.37. The minimum absolute atomic E-state index is 0.00478. The SMILES string of the molecule is CC(C)CCN(C)CCn1cc(C(=O)O)nn1. The van der Waals surface area contributed by atoms with Crippen LogP contribution < -0.4 is 0 Å². The van der Waals surface area contributed by atoms with Crippen molar-refractivity contribution in [2.24, 2.45) is 5.92 Å². The number of carbonyl (C=O) groups is 1. The molecule has 0 radical (unpaired) electrons. The van der Waals surface area contributed by atoms with Gasteiger partial charge in [0, 0.05) is 6.54 Å². The van der Waals surface area contributed by atoms with Gasteiger partial charge in [-0.15, -0.1) is 5.10 Å². The van der Waals surface area contributed by atoms with E-state index in [2.05, 4.69) is 36.1 Å². The summed E-state index contributed by atoms with van der Waals surface area (Å²) in [5.74, 6) is -0.341. The third-order valence-electron chi connectivity index (χ3n) is 2.56. The standard InChI is InChI=1S/C11H20N4O2/c1-9(2)4-5-14(3)6-7-15-8-10(11(16)17)12-13-15/h8-9H,4-7H2,1-3H3,(H,16,17). The van der Waals surface area contributed by atoms with Crippen molar-refractivity contribution >= 4 is 5.97 Å². The summed E-state index contributed by atoms with van der Waals surface area (Å²) >= 11 is 0. The van der Waals surface area contributed by atoms with Crippen LogP contribution in [0.2, 0.25) is 0 Å². The van der Waals surface area contributed by atoms with Gasteiger partial charge < -0.3 is 10.0 Å². The van der Waals surface area contributed by atoms with Crippen molar-refractivity contribution in [2.45, 2.75) is 26.8 Å². The van der Waals surface area contributed by atoms with E-state index < -0.39 is 5.97 Å². The van der Waals surface area contributed by atoms with Gasteiger partial charge in [-0.1, -0.05) is 19.1 Å². The van der Waals surface area contributed by atoms with Gasteiger partial charge in [0.2, 0.25) is 0 Å². The highest BCUT2D eigenvalue weighted by molar-refractivity contribution is 5.84. The number of hydrogen-bond acceptors (Lipinski definition) is 4. The van der Waals surface area contributed by atoms with E-state index in [-0.39, 0.29) is 5.69 Å². The molecule has 0 fully saturated rings. The van der Waals surface area contributed by atoms with Crippen molar-refractivity contribution < 1.29 is 9.90 Å². The Balaban J connectivity index is 2.31. The summed E-state index contributed by atoms with van der Waals surface area (Å²) in [6, 6.07) is 0. The molecule has 0 unspecified atom stereocenters. The molecule has 0 saturated carbocycles. The van der Waals surface area contributed by atoms with E-state index in [1.165, 1.54) is 6.20 Å². The maximum atomic E-state index is 10.6.